The summed E-state index contributed by atoms with van der Waals surface area (Å²) in [6, 6.07) is 1.37. The minimum Gasteiger partial charge on any atom is -0.477 e. The maximum Gasteiger partial charge on any atom is 0.354 e. The van der Waals surface area contributed by atoms with Gasteiger partial charge < -0.3 is 5.11 Å². The first-order valence-corrected chi connectivity index (χ1v) is 6.28. The Morgan fingerprint density at radius 2 is 2.17 bits per heavy atom. The van der Waals surface area contributed by atoms with E-state index in [1.165, 1.54) is 16.9 Å². The standard InChI is InChI=1S/C9H10N4O4S/c1-12-5-6(4-11-12)7-2-3-13(18(10,16)17)8(7)9(14)15/h2-5H,1H3,(H,14,15)(H2,10,16,17). The molecule has 0 aromatic carbocycles. The van der Waals surface area contributed by atoms with E-state index in [4.69, 9.17) is 10.2 Å². The van der Waals surface area contributed by atoms with Gasteiger partial charge in [-0.05, 0) is 6.07 Å². The molecule has 0 saturated carbocycles. The Bertz CT molecular complexity index is 713. The number of hydrogen-bond acceptors (Lipinski definition) is 4. The van der Waals surface area contributed by atoms with Crippen LogP contribution in [0.2, 0.25) is 0 Å². The van der Waals surface area contributed by atoms with Crippen molar-refractivity contribution in [3.05, 3.63) is 30.4 Å². The molecule has 0 aliphatic heterocycles. The van der Waals surface area contributed by atoms with Crippen molar-refractivity contribution in [3.63, 3.8) is 0 Å². The van der Waals surface area contributed by atoms with Gasteiger partial charge in [0.1, 0.15) is 0 Å². The van der Waals surface area contributed by atoms with Crippen LogP contribution in [-0.2, 0) is 17.3 Å². The van der Waals surface area contributed by atoms with E-state index in [1.54, 1.807) is 13.2 Å². The van der Waals surface area contributed by atoms with Gasteiger partial charge in [0.2, 0.25) is 0 Å². The van der Waals surface area contributed by atoms with Crippen molar-refractivity contribution in [1.29, 1.82) is 0 Å². The molecule has 2 heterocycles. The third-order valence-corrected chi connectivity index (χ3v) is 3.20. The molecule has 18 heavy (non-hydrogen) atoms. The summed E-state index contributed by atoms with van der Waals surface area (Å²) in [5, 5.41) is 17.9. The SMILES string of the molecule is Cn1cc(-c2ccn(S(N)(=O)=O)c2C(=O)O)cn1. The quantitative estimate of drug-likeness (QED) is 0.789. The van der Waals surface area contributed by atoms with E-state index < -0.39 is 21.9 Å². The molecule has 2 aromatic heterocycles. The molecule has 96 valence electrons. The van der Waals surface area contributed by atoms with Crippen LogP contribution in [0.3, 0.4) is 0 Å². The lowest BCUT2D eigenvalue weighted by Gasteiger charge is -2.03. The van der Waals surface area contributed by atoms with E-state index in [0.29, 0.717) is 9.54 Å². The number of aryl methyl sites for hydroxylation is 1. The molecular formula is C9H10N4O4S. The summed E-state index contributed by atoms with van der Waals surface area (Å²) in [4.78, 5) is 11.2. The fourth-order valence-corrected chi connectivity index (χ4v) is 2.29. The van der Waals surface area contributed by atoms with E-state index in [9.17, 15) is 13.2 Å². The van der Waals surface area contributed by atoms with Gasteiger partial charge in [-0.25, -0.2) is 13.9 Å². The molecule has 0 aliphatic carbocycles. The van der Waals surface area contributed by atoms with Gasteiger partial charge in [0.15, 0.2) is 5.69 Å². The smallest absolute Gasteiger partial charge is 0.354 e. The molecule has 2 aromatic rings. The van der Waals surface area contributed by atoms with E-state index >= 15 is 0 Å². The highest BCUT2D eigenvalue weighted by Gasteiger charge is 2.23. The molecule has 9 heteroatoms. The number of carboxylic acid groups (broad SMARTS) is 1. The topological polar surface area (TPSA) is 120 Å². The van der Waals surface area contributed by atoms with Gasteiger partial charge in [-0.3, -0.25) is 4.68 Å². The fourth-order valence-electron chi connectivity index (χ4n) is 1.63. The van der Waals surface area contributed by atoms with Crippen LogP contribution >= 0.6 is 0 Å². The first kappa shape index (κ1) is 12.3. The van der Waals surface area contributed by atoms with Gasteiger partial charge in [0, 0.05) is 30.6 Å². The number of rotatable bonds is 3. The minimum atomic E-state index is -4.15. The van der Waals surface area contributed by atoms with Gasteiger partial charge in [-0.2, -0.15) is 13.5 Å². The highest BCUT2D eigenvalue weighted by atomic mass is 32.2. The van der Waals surface area contributed by atoms with Gasteiger partial charge in [0.05, 0.1) is 6.20 Å². The lowest BCUT2D eigenvalue weighted by atomic mass is 10.1. The Hall–Kier alpha value is -2.13. The Morgan fingerprint density at radius 1 is 1.50 bits per heavy atom. The first-order chi connectivity index (χ1) is 8.30. The van der Waals surface area contributed by atoms with Crippen molar-refractivity contribution in [2.75, 3.05) is 0 Å². The zero-order valence-corrected chi connectivity index (χ0v) is 10.1. The van der Waals surface area contributed by atoms with Crippen molar-refractivity contribution in [1.82, 2.24) is 13.8 Å². The Labute approximate surface area is 102 Å². The van der Waals surface area contributed by atoms with Crippen LogP contribution in [0, 0.1) is 0 Å². The van der Waals surface area contributed by atoms with Crippen molar-refractivity contribution < 1.29 is 18.3 Å². The maximum atomic E-state index is 11.3. The average Bonchev–Trinajstić information content (AvgIpc) is 2.80. The summed E-state index contributed by atoms with van der Waals surface area (Å²) in [5.74, 6) is -1.38. The largest absolute Gasteiger partial charge is 0.477 e. The van der Waals surface area contributed by atoms with Crippen molar-refractivity contribution in [3.8, 4) is 11.1 Å². The molecule has 0 spiro atoms. The third kappa shape index (κ3) is 2.00. The lowest BCUT2D eigenvalue weighted by molar-refractivity contribution is 0.0690. The van der Waals surface area contributed by atoms with Crippen molar-refractivity contribution >= 4 is 16.2 Å². The molecule has 0 bridgehead atoms. The lowest BCUT2D eigenvalue weighted by Crippen LogP contribution is -2.24. The van der Waals surface area contributed by atoms with Crippen molar-refractivity contribution in [2.45, 2.75) is 0 Å². The number of aromatic carboxylic acids is 1. The number of aromatic nitrogens is 3. The number of nitrogens with zero attached hydrogens (tertiary/aromatic N) is 3. The highest BCUT2D eigenvalue weighted by Crippen LogP contribution is 2.25. The average molecular weight is 270 g/mol. The molecule has 0 saturated heterocycles. The summed E-state index contributed by atoms with van der Waals surface area (Å²) in [6.07, 6.45) is 4.12. The third-order valence-electron chi connectivity index (χ3n) is 2.34. The minimum absolute atomic E-state index is 0.240. The van der Waals surface area contributed by atoms with E-state index in [-0.39, 0.29) is 5.56 Å². The molecule has 8 nitrogen and oxygen atoms in total. The fraction of sp³-hybridized carbons (Fsp3) is 0.111. The molecule has 3 N–H and O–H groups in total. The van der Waals surface area contributed by atoms with Gasteiger partial charge in [-0.15, -0.1) is 0 Å². The summed E-state index contributed by atoms with van der Waals surface area (Å²) >= 11 is 0. The summed E-state index contributed by atoms with van der Waals surface area (Å²) in [7, 11) is -2.48. The van der Waals surface area contributed by atoms with Crippen LogP contribution in [-0.4, -0.2) is 33.2 Å². The van der Waals surface area contributed by atoms with Crippen LogP contribution in [0.5, 0.6) is 0 Å². The zero-order chi connectivity index (χ0) is 13.5. The number of hydrogen-bond donors (Lipinski definition) is 2. The molecule has 2 rings (SSSR count). The van der Waals surface area contributed by atoms with E-state index in [0.717, 1.165) is 6.20 Å². The molecule has 0 amide bonds. The van der Waals surface area contributed by atoms with Crippen molar-refractivity contribution in [2.24, 2.45) is 12.2 Å². The second-order valence-corrected chi connectivity index (χ2v) is 5.05. The first-order valence-electron chi connectivity index (χ1n) is 4.77. The number of nitrogens with two attached hydrogens (primary N) is 1. The number of carbonyl (C=O) groups is 1. The van der Waals surface area contributed by atoms with Crippen LogP contribution in [0.25, 0.3) is 11.1 Å². The Balaban J connectivity index is 2.71. The molecule has 0 radical (unpaired) electrons. The summed E-state index contributed by atoms with van der Waals surface area (Å²) in [6.45, 7) is 0. The second-order valence-electron chi connectivity index (χ2n) is 3.63. The predicted molar refractivity (Wildman–Crippen MR) is 62.1 cm³/mol. The Kier molecular flexibility index (Phi) is 2.71. The van der Waals surface area contributed by atoms with Crippen LogP contribution in [0.1, 0.15) is 10.5 Å². The van der Waals surface area contributed by atoms with Gasteiger partial charge in [-0.1, -0.05) is 0 Å². The van der Waals surface area contributed by atoms with E-state index in [2.05, 4.69) is 5.10 Å². The predicted octanol–water partition coefficient (Wildman–Crippen LogP) is -0.362. The summed E-state index contributed by atoms with van der Waals surface area (Å²) in [5.41, 5.74) is 0.326. The van der Waals surface area contributed by atoms with Crippen LogP contribution < -0.4 is 5.14 Å². The Morgan fingerprint density at radius 3 is 2.61 bits per heavy atom. The molecule has 0 unspecified atom stereocenters. The molecule has 0 aliphatic rings. The second kappa shape index (κ2) is 3.96. The zero-order valence-electron chi connectivity index (χ0n) is 9.31. The van der Waals surface area contributed by atoms with E-state index in [1.807, 2.05) is 0 Å². The highest BCUT2D eigenvalue weighted by molar-refractivity contribution is 7.87. The summed E-state index contributed by atoms with van der Waals surface area (Å²) < 4.78 is 24.5. The van der Waals surface area contributed by atoms with Gasteiger partial charge in [0.25, 0.3) is 0 Å². The molecule has 0 fully saturated rings. The number of carboxylic acids is 1. The molecule has 0 atom stereocenters. The normalized spacial score (nSPS) is 11.7. The monoisotopic (exact) mass is 270 g/mol. The van der Waals surface area contributed by atoms with Crippen LogP contribution in [0.15, 0.2) is 24.7 Å². The molecular weight excluding hydrogens is 260 g/mol. The van der Waals surface area contributed by atoms with Crippen LogP contribution in [0.4, 0.5) is 0 Å². The maximum absolute atomic E-state index is 11.3. The van der Waals surface area contributed by atoms with Gasteiger partial charge >= 0.3 is 16.2 Å².